The molecular formula is C24H31N3O3. The number of amides is 3. The molecule has 0 radical (unpaired) electrons. The molecule has 160 valence electrons. The van der Waals surface area contributed by atoms with Crippen LogP contribution in [0.4, 0.5) is 5.69 Å². The molecule has 0 spiro atoms. The molecule has 0 fully saturated rings. The van der Waals surface area contributed by atoms with Crippen molar-refractivity contribution in [1.82, 2.24) is 10.6 Å². The molecule has 0 aliphatic heterocycles. The number of nitrogens with one attached hydrogen (secondary N) is 3. The number of rotatable bonds is 8. The van der Waals surface area contributed by atoms with Gasteiger partial charge in [0.05, 0.1) is 13.0 Å². The van der Waals surface area contributed by atoms with Crippen LogP contribution in [0.5, 0.6) is 0 Å². The largest absolute Gasteiger partial charge is 0.345 e. The summed E-state index contributed by atoms with van der Waals surface area (Å²) in [6.45, 7) is 9.42. The van der Waals surface area contributed by atoms with Crippen molar-refractivity contribution in [3.05, 3.63) is 64.7 Å². The maximum atomic E-state index is 12.6. The third-order valence-corrected chi connectivity index (χ3v) is 4.84. The van der Waals surface area contributed by atoms with Crippen molar-refractivity contribution < 1.29 is 14.4 Å². The van der Waals surface area contributed by atoms with Gasteiger partial charge in [-0.3, -0.25) is 14.4 Å². The van der Waals surface area contributed by atoms with Crippen LogP contribution in [0.15, 0.2) is 42.5 Å². The average Bonchev–Trinajstić information content (AvgIpc) is 2.67. The zero-order chi connectivity index (χ0) is 22.3. The van der Waals surface area contributed by atoms with E-state index in [1.54, 1.807) is 0 Å². The Hall–Kier alpha value is -3.15. The predicted octanol–water partition coefficient (Wildman–Crippen LogP) is 3.05. The van der Waals surface area contributed by atoms with Gasteiger partial charge in [-0.2, -0.15) is 0 Å². The van der Waals surface area contributed by atoms with Crippen molar-refractivity contribution in [2.24, 2.45) is 5.92 Å². The molecule has 0 saturated carbocycles. The lowest BCUT2D eigenvalue weighted by atomic mass is 10.0. The van der Waals surface area contributed by atoms with Crippen LogP contribution in [0.2, 0.25) is 0 Å². The number of carbonyl (C=O) groups is 3. The highest BCUT2D eigenvalue weighted by molar-refractivity contribution is 5.97. The maximum Gasteiger partial charge on any atom is 0.243 e. The van der Waals surface area contributed by atoms with Gasteiger partial charge in [-0.15, -0.1) is 0 Å². The van der Waals surface area contributed by atoms with Gasteiger partial charge in [-0.05, 0) is 43.4 Å². The SMILES string of the molecule is Cc1cc(C)c(NC(=O)CNC(=O)C(NC(=O)Cc2ccccc2)C(C)C)c(C)c1. The van der Waals surface area contributed by atoms with E-state index >= 15 is 0 Å². The quantitative estimate of drug-likeness (QED) is 0.626. The van der Waals surface area contributed by atoms with Gasteiger partial charge >= 0.3 is 0 Å². The molecule has 6 heteroatoms. The van der Waals surface area contributed by atoms with E-state index in [0.717, 1.165) is 27.9 Å². The number of benzene rings is 2. The molecule has 0 aliphatic carbocycles. The van der Waals surface area contributed by atoms with Gasteiger partial charge in [0, 0.05) is 5.69 Å². The van der Waals surface area contributed by atoms with Gasteiger partial charge in [0.15, 0.2) is 0 Å². The summed E-state index contributed by atoms with van der Waals surface area (Å²) in [5, 5.41) is 8.28. The van der Waals surface area contributed by atoms with E-state index in [-0.39, 0.29) is 36.6 Å². The highest BCUT2D eigenvalue weighted by Crippen LogP contribution is 2.21. The Kier molecular flexibility index (Phi) is 8.16. The molecule has 2 aromatic rings. The summed E-state index contributed by atoms with van der Waals surface area (Å²) in [7, 11) is 0. The lowest BCUT2D eigenvalue weighted by molar-refractivity contribution is -0.130. The summed E-state index contributed by atoms with van der Waals surface area (Å²) < 4.78 is 0. The molecule has 0 heterocycles. The third kappa shape index (κ3) is 6.72. The van der Waals surface area contributed by atoms with Crippen LogP contribution in [0, 0.1) is 26.7 Å². The minimum Gasteiger partial charge on any atom is -0.345 e. The summed E-state index contributed by atoms with van der Waals surface area (Å²) in [6, 6.07) is 12.6. The van der Waals surface area contributed by atoms with Crippen LogP contribution >= 0.6 is 0 Å². The molecule has 2 rings (SSSR count). The summed E-state index contributed by atoms with van der Waals surface area (Å²) in [5.41, 5.74) is 4.71. The fourth-order valence-corrected chi connectivity index (χ4v) is 3.38. The molecule has 30 heavy (non-hydrogen) atoms. The Morgan fingerprint density at radius 3 is 2.07 bits per heavy atom. The highest BCUT2D eigenvalue weighted by Gasteiger charge is 2.24. The monoisotopic (exact) mass is 409 g/mol. The number of aryl methyl sites for hydroxylation is 3. The van der Waals surface area contributed by atoms with Crippen LogP contribution in [0.3, 0.4) is 0 Å². The van der Waals surface area contributed by atoms with E-state index in [2.05, 4.69) is 16.0 Å². The Morgan fingerprint density at radius 1 is 0.900 bits per heavy atom. The van der Waals surface area contributed by atoms with E-state index in [9.17, 15) is 14.4 Å². The third-order valence-electron chi connectivity index (χ3n) is 4.84. The second-order valence-electron chi connectivity index (χ2n) is 7.99. The lowest BCUT2D eigenvalue weighted by Crippen LogP contribution is -2.51. The van der Waals surface area contributed by atoms with Crippen molar-refractivity contribution in [3.8, 4) is 0 Å². The molecule has 1 unspecified atom stereocenters. The summed E-state index contributed by atoms with van der Waals surface area (Å²) in [6.07, 6.45) is 0.198. The molecule has 2 aromatic carbocycles. The topological polar surface area (TPSA) is 87.3 Å². The van der Waals surface area contributed by atoms with Crippen LogP contribution in [-0.4, -0.2) is 30.3 Å². The molecule has 0 saturated heterocycles. The Morgan fingerprint density at radius 2 is 1.50 bits per heavy atom. The fourth-order valence-electron chi connectivity index (χ4n) is 3.38. The second-order valence-corrected chi connectivity index (χ2v) is 7.99. The first-order valence-corrected chi connectivity index (χ1v) is 10.2. The first-order chi connectivity index (χ1) is 14.2. The van der Waals surface area contributed by atoms with Gasteiger partial charge in [0.25, 0.3) is 0 Å². The normalized spacial score (nSPS) is 11.7. The van der Waals surface area contributed by atoms with E-state index in [4.69, 9.17) is 0 Å². The molecular weight excluding hydrogens is 378 g/mol. The number of hydrogen-bond acceptors (Lipinski definition) is 3. The van der Waals surface area contributed by atoms with Gasteiger partial charge in [0.1, 0.15) is 6.04 Å². The van der Waals surface area contributed by atoms with Crippen LogP contribution in [-0.2, 0) is 20.8 Å². The minimum atomic E-state index is -0.711. The fraction of sp³-hybridized carbons (Fsp3) is 0.375. The summed E-state index contributed by atoms with van der Waals surface area (Å²) in [5.74, 6) is -1.03. The van der Waals surface area contributed by atoms with Crippen molar-refractivity contribution in [1.29, 1.82) is 0 Å². The van der Waals surface area contributed by atoms with Gasteiger partial charge in [-0.25, -0.2) is 0 Å². The molecule has 1 atom stereocenters. The number of hydrogen-bond donors (Lipinski definition) is 3. The smallest absolute Gasteiger partial charge is 0.243 e. The second kappa shape index (κ2) is 10.6. The minimum absolute atomic E-state index is 0.116. The molecule has 0 aromatic heterocycles. The lowest BCUT2D eigenvalue weighted by Gasteiger charge is -2.22. The highest BCUT2D eigenvalue weighted by atomic mass is 16.2. The first-order valence-electron chi connectivity index (χ1n) is 10.2. The average molecular weight is 410 g/mol. The van der Waals surface area contributed by atoms with Crippen molar-refractivity contribution >= 4 is 23.4 Å². The van der Waals surface area contributed by atoms with Crippen LogP contribution in [0.25, 0.3) is 0 Å². The molecule has 0 bridgehead atoms. The van der Waals surface area contributed by atoms with E-state index in [0.29, 0.717) is 0 Å². The summed E-state index contributed by atoms with van der Waals surface area (Å²) >= 11 is 0. The molecule has 0 aliphatic rings. The van der Waals surface area contributed by atoms with E-state index in [1.165, 1.54) is 0 Å². The van der Waals surface area contributed by atoms with Gasteiger partial charge < -0.3 is 16.0 Å². The predicted molar refractivity (Wildman–Crippen MR) is 119 cm³/mol. The number of anilines is 1. The van der Waals surface area contributed by atoms with Gasteiger partial charge in [0.2, 0.25) is 17.7 Å². The van der Waals surface area contributed by atoms with Crippen molar-refractivity contribution in [3.63, 3.8) is 0 Å². The molecule has 6 nitrogen and oxygen atoms in total. The van der Waals surface area contributed by atoms with E-state index < -0.39 is 6.04 Å². The Bertz CT molecular complexity index is 884. The zero-order valence-electron chi connectivity index (χ0n) is 18.3. The zero-order valence-corrected chi connectivity index (χ0v) is 18.3. The standard InChI is InChI=1S/C24H31N3O3/c1-15(2)22(26-20(28)13-19-9-7-6-8-10-19)24(30)25-14-21(29)27-23-17(4)11-16(3)12-18(23)5/h6-12,15,22H,13-14H2,1-5H3,(H,25,30)(H,26,28)(H,27,29). The van der Waals surface area contributed by atoms with E-state index in [1.807, 2.05) is 77.1 Å². The molecule has 3 N–H and O–H groups in total. The first kappa shape index (κ1) is 23.1. The van der Waals surface area contributed by atoms with Crippen molar-refractivity contribution in [2.75, 3.05) is 11.9 Å². The Balaban J connectivity index is 1.92. The van der Waals surface area contributed by atoms with Crippen molar-refractivity contribution in [2.45, 2.75) is 47.1 Å². The molecule has 3 amide bonds. The van der Waals surface area contributed by atoms with Crippen LogP contribution < -0.4 is 16.0 Å². The van der Waals surface area contributed by atoms with Gasteiger partial charge in [-0.1, -0.05) is 61.9 Å². The maximum absolute atomic E-state index is 12.6. The summed E-state index contributed by atoms with van der Waals surface area (Å²) in [4.78, 5) is 37.3. The Labute approximate surface area is 178 Å². The van der Waals surface area contributed by atoms with Crippen LogP contribution in [0.1, 0.15) is 36.1 Å². The number of carbonyl (C=O) groups excluding carboxylic acids is 3.